The minimum absolute atomic E-state index is 0.0750. The highest BCUT2D eigenvalue weighted by molar-refractivity contribution is 7.85. The van der Waals surface area contributed by atoms with E-state index in [1.165, 1.54) is 52.6 Å². The van der Waals surface area contributed by atoms with E-state index in [1.54, 1.807) is 18.2 Å². The number of aromatic hydroxyl groups is 1. The van der Waals surface area contributed by atoms with Gasteiger partial charge in [-0.05, 0) is 110 Å². The van der Waals surface area contributed by atoms with Crippen molar-refractivity contribution in [2.24, 2.45) is 0 Å². The van der Waals surface area contributed by atoms with Crippen LogP contribution in [0.3, 0.4) is 0 Å². The van der Waals surface area contributed by atoms with Crippen LogP contribution in [0.15, 0.2) is 113 Å². The molecule has 6 nitrogen and oxygen atoms in total. The molecule has 0 amide bonds. The smallest absolute Gasteiger partial charge is 0.294 e. The first-order valence-corrected chi connectivity index (χ1v) is 21.0. The molecule has 0 saturated heterocycles. The van der Waals surface area contributed by atoms with E-state index < -0.39 is 15.5 Å². The van der Waals surface area contributed by atoms with Crippen molar-refractivity contribution < 1.29 is 22.7 Å². The van der Waals surface area contributed by atoms with Crippen LogP contribution in [-0.4, -0.2) is 41.5 Å². The van der Waals surface area contributed by atoms with Gasteiger partial charge in [-0.1, -0.05) is 89.4 Å². The summed E-state index contributed by atoms with van der Waals surface area (Å²) in [7, 11) is -4.34. The molecular weight excluding hydrogens is 677 g/mol. The number of hydrogen-bond acceptors (Lipinski definition) is 4. The number of para-hydroxylation sites is 1. The molecule has 0 bridgehead atoms. The Bertz CT molecular complexity index is 2110. The maximum absolute atomic E-state index is 12.2. The predicted molar refractivity (Wildman–Crippen MR) is 219 cm³/mol. The van der Waals surface area contributed by atoms with Crippen molar-refractivity contribution in [1.29, 1.82) is 0 Å². The largest absolute Gasteiger partial charge is 0.508 e. The molecule has 2 aliphatic heterocycles. The fourth-order valence-electron chi connectivity index (χ4n) is 8.59. The Morgan fingerprint density at radius 1 is 0.811 bits per heavy atom. The first-order valence-electron chi connectivity index (χ1n) is 19.5. The van der Waals surface area contributed by atoms with Crippen LogP contribution in [-0.2, 0) is 20.9 Å². The van der Waals surface area contributed by atoms with Crippen molar-refractivity contribution >= 4 is 32.8 Å². The monoisotopic (exact) mass is 733 g/mol. The topological polar surface area (TPSA) is 80.8 Å². The predicted octanol–water partition coefficient (Wildman–Crippen LogP) is 11.2. The molecule has 0 fully saturated rings. The van der Waals surface area contributed by atoms with E-state index in [-0.39, 0.29) is 16.1 Å². The van der Waals surface area contributed by atoms with Gasteiger partial charge in [0.2, 0.25) is 5.69 Å². The second-order valence-corrected chi connectivity index (χ2v) is 17.3. The highest BCUT2D eigenvalue weighted by Gasteiger charge is 2.44. The number of nitrogens with zero attached hydrogens (tertiary/aromatic N) is 2. The van der Waals surface area contributed by atoms with Gasteiger partial charge < -0.3 is 10.0 Å². The van der Waals surface area contributed by atoms with Gasteiger partial charge in [-0.3, -0.25) is 4.55 Å². The van der Waals surface area contributed by atoms with Crippen molar-refractivity contribution in [1.82, 2.24) is 0 Å². The van der Waals surface area contributed by atoms with Crippen molar-refractivity contribution in [3.8, 4) is 5.75 Å². The lowest BCUT2D eigenvalue weighted by atomic mass is 9.79. The molecule has 0 radical (unpaired) electrons. The summed E-state index contributed by atoms with van der Waals surface area (Å²) < 4.78 is 36.8. The van der Waals surface area contributed by atoms with Crippen molar-refractivity contribution in [3.63, 3.8) is 0 Å². The van der Waals surface area contributed by atoms with Crippen molar-refractivity contribution in [3.05, 3.63) is 125 Å². The van der Waals surface area contributed by atoms with Crippen LogP contribution in [0.4, 0.5) is 11.4 Å². The minimum atomic E-state index is -4.34. The molecule has 2 N–H and O–H groups in total. The second-order valence-electron chi connectivity index (χ2n) is 15.9. The van der Waals surface area contributed by atoms with Gasteiger partial charge in [0.15, 0.2) is 5.71 Å². The van der Waals surface area contributed by atoms with Crippen LogP contribution in [0.5, 0.6) is 5.75 Å². The first-order chi connectivity index (χ1) is 25.3. The zero-order valence-electron chi connectivity index (χ0n) is 32.5. The summed E-state index contributed by atoms with van der Waals surface area (Å²) >= 11 is 0. The molecule has 0 unspecified atom stereocenters. The summed E-state index contributed by atoms with van der Waals surface area (Å²) in [6.07, 6.45) is 18.9. The minimum Gasteiger partial charge on any atom is -0.508 e. The SMILES string of the molecule is CCCCCN1/C(=C/C=C2\CCCC(/C=C/C3=[N+](CCCCC)c4ccccc4C3(C)C)=C2c2ccc(O)cc2)C(C)(C)c2cc(S(=O)(=O)O)ccc21. The molecule has 3 aromatic carbocycles. The molecule has 2 heterocycles. The Morgan fingerprint density at radius 3 is 2.25 bits per heavy atom. The Hall–Kier alpha value is -4.20. The molecule has 0 spiro atoms. The van der Waals surface area contributed by atoms with E-state index in [2.05, 4.69) is 99.6 Å². The summed E-state index contributed by atoms with van der Waals surface area (Å²) in [4.78, 5) is 2.27. The summed E-state index contributed by atoms with van der Waals surface area (Å²) in [6, 6.07) is 21.4. The zero-order chi connectivity index (χ0) is 38.0. The quantitative estimate of drug-likeness (QED) is 0.104. The summed E-state index contributed by atoms with van der Waals surface area (Å²) in [5.41, 5.74) is 11.2. The summed E-state index contributed by atoms with van der Waals surface area (Å²) in [6.45, 7) is 15.2. The van der Waals surface area contributed by atoms with Gasteiger partial charge in [0.05, 0.1) is 10.3 Å². The molecule has 7 heteroatoms. The first kappa shape index (κ1) is 38.5. The molecule has 0 aromatic heterocycles. The van der Waals surface area contributed by atoms with Crippen LogP contribution in [0.1, 0.15) is 116 Å². The number of anilines is 1. The number of rotatable bonds is 13. The molecule has 3 aromatic rings. The average molecular weight is 734 g/mol. The highest BCUT2D eigenvalue weighted by atomic mass is 32.2. The van der Waals surface area contributed by atoms with Gasteiger partial charge in [0.25, 0.3) is 10.1 Å². The Balaban J connectivity index is 1.47. The third-order valence-electron chi connectivity index (χ3n) is 11.5. The van der Waals surface area contributed by atoms with E-state index in [0.29, 0.717) is 0 Å². The van der Waals surface area contributed by atoms with Crippen molar-refractivity contribution in [2.75, 3.05) is 18.0 Å². The molecular formula is C46H57N2O4S+. The third-order valence-corrected chi connectivity index (χ3v) is 12.4. The summed E-state index contributed by atoms with van der Waals surface area (Å²) in [5, 5.41) is 10.3. The van der Waals surface area contributed by atoms with E-state index in [9.17, 15) is 18.1 Å². The Labute approximate surface area is 317 Å². The van der Waals surface area contributed by atoms with Gasteiger partial charge >= 0.3 is 0 Å². The normalized spacial score (nSPS) is 19.6. The van der Waals surface area contributed by atoms with Gasteiger partial charge in [-0.2, -0.15) is 13.0 Å². The number of phenols is 1. The molecule has 280 valence electrons. The number of hydrogen-bond donors (Lipinski definition) is 2. The lowest BCUT2D eigenvalue weighted by molar-refractivity contribution is -0.438. The number of unbranched alkanes of at least 4 members (excludes halogenated alkanes) is 4. The van der Waals surface area contributed by atoms with Gasteiger partial charge in [0, 0.05) is 47.5 Å². The fraction of sp³-hybridized carbons (Fsp3) is 0.413. The van der Waals surface area contributed by atoms with Crippen LogP contribution in [0, 0.1) is 0 Å². The van der Waals surface area contributed by atoms with E-state index >= 15 is 0 Å². The maximum atomic E-state index is 12.2. The fourth-order valence-corrected chi connectivity index (χ4v) is 9.10. The highest BCUT2D eigenvalue weighted by Crippen LogP contribution is 2.49. The molecule has 0 saturated carbocycles. The van der Waals surface area contributed by atoms with E-state index in [4.69, 9.17) is 0 Å². The number of fused-ring (bicyclic) bond motifs is 2. The zero-order valence-corrected chi connectivity index (χ0v) is 33.3. The van der Waals surface area contributed by atoms with Gasteiger partial charge in [-0.25, -0.2) is 0 Å². The maximum Gasteiger partial charge on any atom is 0.294 e. The third kappa shape index (κ3) is 7.74. The Morgan fingerprint density at radius 2 is 1.53 bits per heavy atom. The molecule has 6 rings (SSSR count). The standard InChI is InChI=1S/C46H56N2O4S/c1-7-9-13-30-47-40-19-12-11-18-38(40)45(3,4)42(47)28-22-33-16-15-17-34(44(33)35-20-24-36(49)25-21-35)23-29-43-46(5,6)39-32-37(53(50,51)52)26-27-41(39)48(43)31-14-10-8-2/h11-12,18-29,32H,7-10,13-17,30-31H2,1-6H3,(H,50,51,52)/p+1/b34-23+,43-29+. The number of allylic oxidation sites excluding steroid dienone is 8. The van der Waals surface area contributed by atoms with Gasteiger partial charge in [-0.15, -0.1) is 0 Å². The van der Waals surface area contributed by atoms with Crippen LogP contribution in [0.2, 0.25) is 0 Å². The average Bonchev–Trinajstić information content (AvgIpc) is 3.48. The number of phenolic OH excluding ortho intramolecular Hbond substituents is 1. The lowest BCUT2D eigenvalue weighted by Gasteiger charge is -2.28. The van der Waals surface area contributed by atoms with Crippen LogP contribution >= 0.6 is 0 Å². The number of benzene rings is 3. The van der Waals surface area contributed by atoms with E-state index in [1.807, 2.05) is 18.2 Å². The Kier molecular flexibility index (Phi) is 11.4. The lowest BCUT2D eigenvalue weighted by Crippen LogP contribution is -2.28. The molecule has 3 aliphatic rings. The molecule has 53 heavy (non-hydrogen) atoms. The summed E-state index contributed by atoms with van der Waals surface area (Å²) in [5.74, 6) is 0.246. The van der Waals surface area contributed by atoms with Gasteiger partial charge in [0.1, 0.15) is 12.3 Å². The molecule has 0 atom stereocenters. The second kappa shape index (κ2) is 15.6. The van der Waals surface area contributed by atoms with Crippen LogP contribution < -0.4 is 4.90 Å². The van der Waals surface area contributed by atoms with Crippen molar-refractivity contribution in [2.45, 2.75) is 115 Å². The van der Waals surface area contributed by atoms with E-state index in [0.717, 1.165) is 80.5 Å². The van der Waals surface area contributed by atoms with Crippen LogP contribution in [0.25, 0.3) is 5.57 Å². The molecule has 1 aliphatic carbocycles.